The highest BCUT2D eigenvalue weighted by molar-refractivity contribution is 6.19. The lowest BCUT2D eigenvalue weighted by Gasteiger charge is -2.34. The van der Waals surface area contributed by atoms with Gasteiger partial charge >= 0.3 is 0 Å². The number of hydrogen-bond acceptors (Lipinski definition) is 8. The number of piperazine rings is 1. The number of nitrogen functional groups attached to an aromatic ring is 1. The van der Waals surface area contributed by atoms with Crippen LogP contribution in [0.5, 0.6) is 11.5 Å². The van der Waals surface area contributed by atoms with E-state index in [2.05, 4.69) is 27.8 Å². The number of likely N-dealkylation sites (N-methyl/N-ethyl adjacent to an activating group) is 1. The van der Waals surface area contributed by atoms with E-state index in [4.69, 9.17) is 15.2 Å². The first-order chi connectivity index (χ1) is 22.2. The summed E-state index contributed by atoms with van der Waals surface area (Å²) in [7, 11) is 5.18. The third-order valence-electron chi connectivity index (χ3n) is 8.56. The first kappa shape index (κ1) is 32.3. The fourth-order valence-corrected chi connectivity index (χ4v) is 5.83. The van der Waals surface area contributed by atoms with E-state index in [9.17, 15) is 14.4 Å². The zero-order chi connectivity index (χ0) is 32.8. The van der Waals surface area contributed by atoms with Crippen LogP contribution in [0, 0.1) is 6.92 Å². The van der Waals surface area contributed by atoms with E-state index < -0.39 is 0 Å². The molecule has 10 nitrogen and oxygen atoms in total. The van der Waals surface area contributed by atoms with Crippen molar-refractivity contribution >= 4 is 39.9 Å². The summed E-state index contributed by atoms with van der Waals surface area (Å²) in [4.78, 5) is 48.0. The second kappa shape index (κ2) is 14.4. The summed E-state index contributed by atoms with van der Waals surface area (Å²) in [6, 6.07) is 16.2. The summed E-state index contributed by atoms with van der Waals surface area (Å²) >= 11 is 0. The molecule has 5 rings (SSSR count). The topological polar surface area (TPSA) is 121 Å². The van der Waals surface area contributed by atoms with Crippen molar-refractivity contribution in [3.05, 3.63) is 88.7 Å². The molecular formula is C36H41N5O5. The Kier molecular flexibility index (Phi) is 10.1. The van der Waals surface area contributed by atoms with Gasteiger partial charge in [0.15, 0.2) is 11.5 Å². The minimum atomic E-state index is -0.372. The second-order valence-corrected chi connectivity index (χ2v) is 11.7. The van der Waals surface area contributed by atoms with Gasteiger partial charge in [-0.2, -0.15) is 0 Å². The van der Waals surface area contributed by atoms with Gasteiger partial charge in [-0.3, -0.25) is 9.59 Å². The zero-order valence-electron chi connectivity index (χ0n) is 26.9. The number of aromatic nitrogens is 1. The van der Waals surface area contributed by atoms with Gasteiger partial charge in [-0.1, -0.05) is 18.2 Å². The number of nitrogens with two attached hydrogens (primary N) is 1. The third kappa shape index (κ3) is 6.78. The van der Waals surface area contributed by atoms with Gasteiger partial charge in [0.1, 0.15) is 11.7 Å². The number of aryl methyl sites for hydroxylation is 1. The Bertz CT molecular complexity index is 1780. The maximum absolute atomic E-state index is 13.8. The van der Waals surface area contributed by atoms with Gasteiger partial charge in [-0.05, 0) is 75.2 Å². The Morgan fingerprint density at radius 2 is 1.76 bits per heavy atom. The fourth-order valence-electron chi connectivity index (χ4n) is 5.83. The number of amides is 1. The summed E-state index contributed by atoms with van der Waals surface area (Å²) in [6.07, 6.45) is 3.95. The van der Waals surface area contributed by atoms with Gasteiger partial charge in [0, 0.05) is 50.4 Å². The van der Waals surface area contributed by atoms with Crippen LogP contribution in [0.3, 0.4) is 0 Å². The molecule has 1 aliphatic heterocycles. The normalized spacial score (nSPS) is 13.3. The highest BCUT2D eigenvalue weighted by Crippen LogP contribution is 2.36. The van der Waals surface area contributed by atoms with Crippen molar-refractivity contribution in [3.8, 4) is 11.5 Å². The molecule has 0 radical (unpaired) electrons. The largest absolute Gasteiger partial charge is 0.494 e. The maximum atomic E-state index is 13.8. The number of hydrogen-bond donors (Lipinski definition) is 2. The maximum Gasteiger partial charge on any atom is 0.260 e. The van der Waals surface area contributed by atoms with Crippen molar-refractivity contribution in [2.75, 3.05) is 64.6 Å². The quantitative estimate of drug-likeness (QED) is 0.0970. The van der Waals surface area contributed by atoms with Gasteiger partial charge < -0.3 is 34.9 Å². The molecule has 46 heavy (non-hydrogen) atoms. The molecule has 3 N–H and O–H groups in total. The van der Waals surface area contributed by atoms with Crippen LogP contribution in [-0.2, 0) is 4.79 Å². The minimum Gasteiger partial charge on any atom is -0.494 e. The predicted octanol–water partition coefficient (Wildman–Crippen LogP) is 5.09. The first-order valence-corrected chi connectivity index (χ1v) is 15.5. The molecule has 0 aliphatic carbocycles. The second-order valence-electron chi connectivity index (χ2n) is 11.7. The summed E-state index contributed by atoms with van der Waals surface area (Å²) in [5.41, 5.74) is 10.5. The van der Waals surface area contributed by atoms with Crippen LogP contribution in [0.2, 0.25) is 0 Å². The molecule has 240 valence electrons. The molecule has 0 bridgehead atoms. The highest BCUT2D eigenvalue weighted by atomic mass is 16.5. The van der Waals surface area contributed by atoms with Crippen molar-refractivity contribution < 1.29 is 23.9 Å². The number of carbonyl (C=O) groups is 2. The van der Waals surface area contributed by atoms with Gasteiger partial charge in [0.2, 0.25) is 0 Å². The molecule has 2 heterocycles. The standard InChI is InChI=1S/C36H41N5O5/c1-24-11-14-30(31(22-24)46-21-6-5-9-26(23-42)41-19-17-39(2)18-20-41)40(3)36(44)27-12-13-29(35(45-4)32(27)37)34(43)28-10-7-8-25-15-16-38-33(25)28/h7-8,10-16,22,38H,5-6,9,17-21,37H2,1-4H3. The van der Waals surface area contributed by atoms with Crippen LogP contribution >= 0.6 is 0 Å². The van der Waals surface area contributed by atoms with E-state index >= 15 is 0 Å². The van der Waals surface area contributed by atoms with Crippen LogP contribution < -0.4 is 20.1 Å². The summed E-state index contributed by atoms with van der Waals surface area (Å²) in [5.74, 6) is 2.22. The fraction of sp³-hybridized carbons (Fsp3) is 0.333. The number of ether oxygens (including phenoxy) is 2. The first-order valence-electron chi connectivity index (χ1n) is 15.5. The van der Waals surface area contributed by atoms with E-state index in [1.165, 1.54) is 12.0 Å². The predicted molar refractivity (Wildman–Crippen MR) is 181 cm³/mol. The van der Waals surface area contributed by atoms with Crippen molar-refractivity contribution in [1.29, 1.82) is 0 Å². The van der Waals surface area contributed by atoms with E-state index in [0.29, 0.717) is 30.0 Å². The molecule has 3 aromatic carbocycles. The Hall–Kier alpha value is -5.05. The van der Waals surface area contributed by atoms with Crippen molar-refractivity contribution in [1.82, 2.24) is 14.8 Å². The average molecular weight is 624 g/mol. The minimum absolute atomic E-state index is 0.0813. The number of fused-ring (bicyclic) bond motifs is 1. The lowest BCUT2D eigenvalue weighted by atomic mass is 9.97. The molecule has 1 amide bonds. The molecule has 0 saturated carbocycles. The molecule has 4 aromatic rings. The SMILES string of the molecule is COc1c(C(=O)c2cccc3cc[nH]c23)ccc(C(=O)N(C)c2ccc(C)cc2OCCCCC(=C=O)N2CCN(C)CC2)c1N. The lowest BCUT2D eigenvalue weighted by molar-refractivity contribution is 0.0989. The van der Waals surface area contributed by atoms with Crippen LogP contribution in [0.25, 0.3) is 10.9 Å². The molecule has 1 aliphatic rings. The third-order valence-corrected chi connectivity index (χ3v) is 8.56. The average Bonchev–Trinajstić information content (AvgIpc) is 3.55. The lowest BCUT2D eigenvalue weighted by Crippen LogP contribution is -2.44. The Morgan fingerprint density at radius 1 is 1.00 bits per heavy atom. The van der Waals surface area contributed by atoms with Gasteiger partial charge in [-0.25, -0.2) is 4.79 Å². The van der Waals surface area contributed by atoms with Crippen LogP contribution in [0.15, 0.2) is 66.5 Å². The smallest absolute Gasteiger partial charge is 0.260 e. The monoisotopic (exact) mass is 623 g/mol. The number of allylic oxidation sites excluding steroid dienone is 1. The number of para-hydroxylation sites is 1. The Balaban J connectivity index is 1.28. The Labute approximate surface area is 269 Å². The molecule has 1 fully saturated rings. The number of nitrogens with one attached hydrogen (secondary N) is 1. The zero-order valence-corrected chi connectivity index (χ0v) is 26.9. The summed E-state index contributed by atoms with van der Waals surface area (Å²) in [5, 5.41) is 0.913. The molecular weight excluding hydrogens is 582 g/mol. The molecule has 1 aromatic heterocycles. The van der Waals surface area contributed by atoms with E-state index in [-0.39, 0.29) is 34.3 Å². The summed E-state index contributed by atoms with van der Waals surface area (Å²) in [6.45, 7) is 5.92. The number of methoxy groups -OCH3 is 1. The van der Waals surface area contributed by atoms with Crippen LogP contribution in [-0.4, -0.2) is 86.4 Å². The van der Waals surface area contributed by atoms with Gasteiger partial charge in [0.05, 0.1) is 47.4 Å². The number of H-pyrrole nitrogens is 1. The van der Waals surface area contributed by atoms with E-state index in [1.807, 2.05) is 43.3 Å². The molecule has 0 atom stereocenters. The number of nitrogens with zero attached hydrogens (tertiary/aromatic N) is 3. The molecule has 0 unspecified atom stereocenters. The Morgan fingerprint density at radius 3 is 2.50 bits per heavy atom. The molecule has 1 saturated heterocycles. The number of rotatable bonds is 12. The van der Waals surface area contributed by atoms with Crippen molar-refractivity contribution in [3.63, 3.8) is 0 Å². The number of benzene rings is 3. The van der Waals surface area contributed by atoms with Gasteiger partial charge in [0.25, 0.3) is 5.91 Å². The molecule has 0 spiro atoms. The number of carbonyl (C=O) groups excluding carboxylic acids is 3. The van der Waals surface area contributed by atoms with Crippen molar-refractivity contribution in [2.45, 2.75) is 26.2 Å². The summed E-state index contributed by atoms with van der Waals surface area (Å²) < 4.78 is 11.8. The highest BCUT2D eigenvalue weighted by Gasteiger charge is 2.26. The van der Waals surface area contributed by atoms with Crippen molar-refractivity contribution in [2.24, 2.45) is 0 Å². The number of unbranched alkanes of at least 4 members (excludes halogenated alkanes) is 1. The van der Waals surface area contributed by atoms with Gasteiger partial charge in [-0.15, -0.1) is 0 Å². The van der Waals surface area contributed by atoms with E-state index in [1.54, 1.807) is 31.4 Å². The van der Waals surface area contributed by atoms with E-state index in [0.717, 1.165) is 61.2 Å². The van der Waals surface area contributed by atoms with Crippen LogP contribution in [0.1, 0.15) is 51.1 Å². The van der Waals surface area contributed by atoms with Crippen LogP contribution in [0.4, 0.5) is 11.4 Å². The molecule has 10 heteroatoms. The number of anilines is 2. The number of aromatic amines is 1. The number of ketones is 1.